The zero-order valence-corrected chi connectivity index (χ0v) is 11.1. The molecule has 0 aliphatic carbocycles. The summed E-state index contributed by atoms with van der Waals surface area (Å²) in [5.41, 5.74) is 0.835. The highest BCUT2D eigenvalue weighted by atomic mass is 35.5. The highest BCUT2D eigenvalue weighted by Crippen LogP contribution is 2.21. The Morgan fingerprint density at radius 3 is 2.76 bits per heavy atom. The van der Waals surface area contributed by atoms with Gasteiger partial charge in [0, 0.05) is 0 Å². The molecule has 0 amide bonds. The van der Waals surface area contributed by atoms with Crippen molar-refractivity contribution in [2.45, 2.75) is 6.92 Å². The number of rotatable bonds is 2. The minimum atomic E-state index is 0.443. The molecule has 0 atom stereocenters. The number of nitrogens with zero attached hydrogens (tertiary/aromatic N) is 3. The molecule has 0 spiro atoms. The highest BCUT2D eigenvalue weighted by Gasteiger charge is 1.99. The van der Waals surface area contributed by atoms with E-state index in [9.17, 15) is 0 Å². The second-order valence-corrected chi connectivity index (χ2v) is 4.51. The summed E-state index contributed by atoms with van der Waals surface area (Å²) in [6, 6.07) is 5.26. The molecule has 2 aromatic rings. The molecule has 1 aromatic carbocycles. The average molecular weight is 287 g/mol. The van der Waals surface area contributed by atoms with Gasteiger partial charge in [-0.2, -0.15) is 14.9 Å². The third-order valence-corrected chi connectivity index (χ3v) is 3.08. The van der Waals surface area contributed by atoms with Gasteiger partial charge in [0.15, 0.2) is 0 Å². The smallest absolute Gasteiger partial charge is 0.216 e. The number of aromatic amines is 1. The van der Waals surface area contributed by atoms with E-state index in [0.717, 1.165) is 5.56 Å². The van der Waals surface area contributed by atoms with Crippen molar-refractivity contribution in [3.63, 3.8) is 0 Å². The molecule has 0 unspecified atom stereocenters. The molecule has 0 saturated heterocycles. The SMILES string of the molecule is Cc1n[nH]c(=S)n1/N=C/c1ccc(Cl)c(Cl)c1. The lowest BCUT2D eigenvalue weighted by atomic mass is 10.2. The van der Waals surface area contributed by atoms with Gasteiger partial charge in [0.25, 0.3) is 0 Å². The van der Waals surface area contributed by atoms with E-state index in [-0.39, 0.29) is 0 Å². The molecule has 0 aliphatic heterocycles. The van der Waals surface area contributed by atoms with Crippen molar-refractivity contribution in [1.29, 1.82) is 0 Å². The first-order valence-electron chi connectivity index (χ1n) is 4.71. The van der Waals surface area contributed by atoms with Gasteiger partial charge in [-0.25, -0.2) is 0 Å². The predicted molar refractivity (Wildman–Crippen MR) is 71.6 cm³/mol. The van der Waals surface area contributed by atoms with E-state index in [1.54, 1.807) is 25.3 Å². The molecule has 0 bridgehead atoms. The van der Waals surface area contributed by atoms with Crippen LogP contribution >= 0.6 is 35.4 Å². The van der Waals surface area contributed by atoms with E-state index >= 15 is 0 Å². The summed E-state index contributed by atoms with van der Waals surface area (Å²) >= 11 is 16.7. The lowest BCUT2D eigenvalue weighted by Gasteiger charge is -1.97. The van der Waals surface area contributed by atoms with E-state index in [1.165, 1.54) is 4.68 Å². The topological polar surface area (TPSA) is 46.0 Å². The maximum absolute atomic E-state index is 5.90. The van der Waals surface area contributed by atoms with Crippen molar-refractivity contribution in [3.8, 4) is 0 Å². The number of hydrogen-bond acceptors (Lipinski definition) is 3. The van der Waals surface area contributed by atoms with Crippen molar-refractivity contribution < 1.29 is 0 Å². The summed E-state index contributed by atoms with van der Waals surface area (Å²) in [4.78, 5) is 0. The molecule has 17 heavy (non-hydrogen) atoms. The van der Waals surface area contributed by atoms with E-state index in [1.807, 2.05) is 6.07 Å². The van der Waals surface area contributed by atoms with Crippen LogP contribution in [-0.2, 0) is 0 Å². The van der Waals surface area contributed by atoms with Crippen molar-refractivity contribution in [2.24, 2.45) is 5.10 Å². The first-order chi connectivity index (χ1) is 8.08. The summed E-state index contributed by atoms with van der Waals surface area (Å²) in [7, 11) is 0. The molecule has 1 N–H and O–H groups in total. The zero-order valence-electron chi connectivity index (χ0n) is 8.82. The van der Waals surface area contributed by atoms with Crippen LogP contribution in [0, 0.1) is 11.7 Å². The van der Waals surface area contributed by atoms with E-state index in [0.29, 0.717) is 20.6 Å². The van der Waals surface area contributed by atoms with Gasteiger partial charge in [0.1, 0.15) is 5.82 Å². The van der Waals surface area contributed by atoms with Gasteiger partial charge >= 0.3 is 0 Å². The highest BCUT2D eigenvalue weighted by molar-refractivity contribution is 7.71. The number of halogens is 2. The van der Waals surface area contributed by atoms with Gasteiger partial charge < -0.3 is 0 Å². The molecule has 4 nitrogen and oxygen atoms in total. The molecule has 88 valence electrons. The standard InChI is InChI=1S/C10H8Cl2N4S/c1-6-14-15-10(17)16(6)13-5-7-2-3-8(11)9(12)4-7/h2-5H,1H3,(H,15,17)/b13-5+. The van der Waals surface area contributed by atoms with Gasteiger partial charge in [-0.1, -0.05) is 29.3 Å². The molecule has 1 aromatic heterocycles. The number of aromatic nitrogens is 3. The molecule has 0 aliphatic rings. The summed E-state index contributed by atoms with van der Waals surface area (Å²) in [5.74, 6) is 0.686. The van der Waals surface area contributed by atoms with Crippen LogP contribution in [0.3, 0.4) is 0 Å². The fourth-order valence-electron chi connectivity index (χ4n) is 1.22. The molecule has 0 fully saturated rings. The fraction of sp³-hybridized carbons (Fsp3) is 0.100. The van der Waals surface area contributed by atoms with Gasteiger partial charge in [0.2, 0.25) is 4.77 Å². The van der Waals surface area contributed by atoms with Crippen molar-refractivity contribution in [2.75, 3.05) is 0 Å². The lowest BCUT2D eigenvalue weighted by Crippen LogP contribution is -1.93. The first kappa shape index (κ1) is 12.3. The number of aryl methyl sites for hydroxylation is 1. The van der Waals surface area contributed by atoms with Crippen LogP contribution in [0.15, 0.2) is 23.3 Å². The Labute approximate surface area is 113 Å². The summed E-state index contributed by atoms with van der Waals surface area (Å²) in [6.07, 6.45) is 1.64. The Bertz CT molecular complexity index is 629. The van der Waals surface area contributed by atoms with Crippen LogP contribution in [-0.4, -0.2) is 21.1 Å². The Balaban J connectivity index is 2.32. The van der Waals surface area contributed by atoms with E-state index in [4.69, 9.17) is 35.4 Å². The molecule has 0 radical (unpaired) electrons. The normalized spacial score (nSPS) is 11.2. The molecule has 0 saturated carbocycles. The first-order valence-corrected chi connectivity index (χ1v) is 5.88. The minimum Gasteiger partial charge on any atom is -0.250 e. The maximum atomic E-state index is 5.90. The lowest BCUT2D eigenvalue weighted by molar-refractivity contribution is 0.821. The van der Waals surface area contributed by atoms with Crippen molar-refractivity contribution in [1.82, 2.24) is 14.9 Å². The average Bonchev–Trinajstić information content (AvgIpc) is 2.61. The second kappa shape index (κ2) is 5.00. The van der Waals surface area contributed by atoms with Crippen LogP contribution < -0.4 is 0 Å². The quantitative estimate of drug-likeness (QED) is 0.679. The Morgan fingerprint density at radius 1 is 1.41 bits per heavy atom. The number of benzene rings is 1. The second-order valence-electron chi connectivity index (χ2n) is 3.31. The van der Waals surface area contributed by atoms with Gasteiger partial charge in [-0.15, -0.1) is 0 Å². The Kier molecular flexibility index (Phi) is 3.61. The maximum Gasteiger partial charge on any atom is 0.216 e. The van der Waals surface area contributed by atoms with Crippen LogP contribution in [0.5, 0.6) is 0 Å². The summed E-state index contributed by atoms with van der Waals surface area (Å²) < 4.78 is 1.97. The number of hydrogen-bond donors (Lipinski definition) is 1. The molecular formula is C10H8Cl2N4S. The molecular weight excluding hydrogens is 279 g/mol. The van der Waals surface area contributed by atoms with Crippen LogP contribution in [0.4, 0.5) is 0 Å². The zero-order chi connectivity index (χ0) is 12.4. The summed E-state index contributed by atoms with van der Waals surface area (Å²) in [5, 5.41) is 11.8. The van der Waals surface area contributed by atoms with E-state index in [2.05, 4.69) is 15.3 Å². The van der Waals surface area contributed by atoms with Gasteiger partial charge in [-0.05, 0) is 36.8 Å². The predicted octanol–water partition coefficient (Wildman–Crippen LogP) is 3.44. The minimum absolute atomic E-state index is 0.443. The third-order valence-electron chi connectivity index (χ3n) is 2.08. The molecule has 1 heterocycles. The van der Waals surface area contributed by atoms with Crippen LogP contribution in [0.2, 0.25) is 10.0 Å². The van der Waals surface area contributed by atoms with Crippen molar-refractivity contribution >= 4 is 41.6 Å². The van der Waals surface area contributed by atoms with Crippen LogP contribution in [0.25, 0.3) is 0 Å². The Hall–Kier alpha value is -1.17. The number of nitrogens with one attached hydrogen (secondary N) is 1. The molecule has 2 rings (SSSR count). The monoisotopic (exact) mass is 286 g/mol. The fourth-order valence-corrected chi connectivity index (χ4v) is 1.75. The van der Waals surface area contributed by atoms with Crippen molar-refractivity contribution in [3.05, 3.63) is 44.4 Å². The third kappa shape index (κ3) is 2.74. The van der Waals surface area contributed by atoms with Gasteiger partial charge in [-0.3, -0.25) is 5.10 Å². The van der Waals surface area contributed by atoms with Crippen LogP contribution in [0.1, 0.15) is 11.4 Å². The number of H-pyrrole nitrogens is 1. The Morgan fingerprint density at radius 2 is 2.18 bits per heavy atom. The molecule has 7 heteroatoms. The largest absolute Gasteiger partial charge is 0.250 e. The summed E-state index contributed by atoms with van der Waals surface area (Å²) in [6.45, 7) is 1.80. The van der Waals surface area contributed by atoms with E-state index < -0.39 is 0 Å². The van der Waals surface area contributed by atoms with Gasteiger partial charge in [0.05, 0.1) is 16.3 Å².